The zero-order valence-corrected chi connectivity index (χ0v) is 9.19. The molecule has 3 nitrogen and oxygen atoms in total. The molecule has 0 unspecified atom stereocenters. The lowest BCUT2D eigenvalue weighted by molar-refractivity contribution is -0.117. The van der Waals surface area contributed by atoms with Gasteiger partial charge in [-0.15, -0.1) is 11.3 Å². The number of amides is 1. The van der Waals surface area contributed by atoms with E-state index in [2.05, 4.69) is 24.4 Å². The molecule has 78 valence electrons. The van der Waals surface area contributed by atoms with Gasteiger partial charge in [0.05, 0.1) is 0 Å². The number of carbonyl (C=O) groups is 1. The summed E-state index contributed by atoms with van der Waals surface area (Å²) in [6, 6.07) is 4.27. The smallest absolute Gasteiger partial charge is 0.218 e. The Labute approximate surface area is 88.3 Å². The van der Waals surface area contributed by atoms with Crippen LogP contribution in [-0.2, 0) is 17.8 Å². The van der Waals surface area contributed by atoms with Gasteiger partial charge in [0, 0.05) is 29.3 Å². The fourth-order valence-electron chi connectivity index (χ4n) is 1.13. The van der Waals surface area contributed by atoms with Gasteiger partial charge in [-0.2, -0.15) is 0 Å². The molecule has 1 heterocycles. The second-order valence-electron chi connectivity index (χ2n) is 3.11. The zero-order valence-electron chi connectivity index (χ0n) is 8.38. The van der Waals surface area contributed by atoms with E-state index in [4.69, 9.17) is 5.73 Å². The highest BCUT2D eigenvalue weighted by molar-refractivity contribution is 7.11. The highest BCUT2D eigenvalue weighted by atomic mass is 32.1. The molecular formula is C10H16N2OS. The van der Waals surface area contributed by atoms with Crippen molar-refractivity contribution in [3.8, 4) is 0 Å². The number of hydrogen-bond donors (Lipinski definition) is 2. The summed E-state index contributed by atoms with van der Waals surface area (Å²) in [4.78, 5) is 13.2. The average molecular weight is 212 g/mol. The maximum atomic E-state index is 10.4. The Bertz CT molecular complexity index is 296. The molecule has 4 heteroatoms. The SMILES string of the molecule is CCc1ccc(CNCCC(N)=O)s1. The normalized spacial score (nSPS) is 10.4. The van der Waals surface area contributed by atoms with Crippen LogP contribution >= 0.6 is 11.3 Å². The minimum absolute atomic E-state index is 0.252. The number of rotatable bonds is 6. The second-order valence-corrected chi connectivity index (χ2v) is 4.37. The van der Waals surface area contributed by atoms with E-state index in [9.17, 15) is 4.79 Å². The van der Waals surface area contributed by atoms with Gasteiger partial charge in [-0.1, -0.05) is 6.92 Å². The maximum absolute atomic E-state index is 10.4. The number of nitrogens with two attached hydrogens (primary N) is 1. The van der Waals surface area contributed by atoms with Crippen molar-refractivity contribution in [2.45, 2.75) is 26.3 Å². The third kappa shape index (κ3) is 3.89. The average Bonchev–Trinajstić information content (AvgIpc) is 2.60. The lowest BCUT2D eigenvalue weighted by atomic mass is 10.3. The summed E-state index contributed by atoms with van der Waals surface area (Å²) in [6.45, 7) is 3.64. The fraction of sp³-hybridized carbons (Fsp3) is 0.500. The maximum Gasteiger partial charge on any atom is 0.218 e. The topological polar surface area (TPSA) is 55.1 Å². The van der Waals surface area contributed by atoms with Crippen molar-refractivity contribution in [2.75, 3.05) is 6.54 Å². The Hall–Kier alpha value is -0.870. The van der Waals surface area contributed by atoms with E-state index in [0.717, 1.165) is 13.0 Å². The van der Waals surface area contributed by atoms with Crippen LogP contribution in [0.4, 0.5) is 0 Å². The van der Waals surface area contributed by atoms with Gasteiger partial charge >= 0.3 is 0 Å². The minimum Gasteiger partial charge on any atom is -0.370 e. The van der Waals surface area contributed by atoms with Crippen LogP contribution in [0.5, 0.6) is 0 Å². The number of primary amides is 1. The van der Waals surface area contributed by atoms with Crippen molar-refractivity contribution in [1.82, 2.24) is 5.32 Å². The molecule has 0 saturated carbocycles. The Morgan fingerprint density at radius 1 is 1.50 bits per heavy atom. The third-order valence-corrected chi connectivity index (χ3v) is 3.14. The number of hydrogen-bond acceptors (Lipinski definition) is 3. The van der Waals surface area contributed by atoms with Crippen molar-refractivity contribution in [2.24, 2.45) is 5.73 Å². The molecule has 0 bridgehead atoms. The molecule has 0 aliphatic carbocycles. The first-order valence-corrected chi connectivity index (χ1v) is 5.60. The van der Waals surface area contributed by atoms with Gasteiger partial charge in [0.25, 0.3) is 0 Å². The first-order chi connectivity index (χ1) is 6.72. The summed E-state index contributed by atoms with van der Waals surface area (Å²) >= 11 is 1.81. The first-order valence-electron chi connectivity index (χ1n) is 4.79. The molecule has 0 aliphatic heterocycles. The quantitative estimate of drug-likeness (QED) is 0.698. The van der Waals surface area contributed by atoms with Gasteiger partial charge in [0.2, 0.25) is 5.91 Å². The summed E-state index contributed by atoms with van der Waals surface area (Å²) < 4.78 is 0. The summed E-state index contributed by atoms with van der Waals surface area (Å²) in [6.07, 6.45) is 1.50. The van der Waals surface area contributed by atoms with Crippen LogP contribution in [0.2, 0.25) is 0 Å². The van der Waals surface area contributed by atoms with Crippen molar-refractivity contribution in [3.05, 3.63) is 21.9 Å². The Morgan fingerprint density at radius 2 is 2.21 bits per heavy atom. The number of aryl methyl sites for hydroxylation is 1. The van der Waals surface area contributed by atoms with E-state index in [1.165, 1.54) is 9.75 Å². The predicted molar refractivity (Wildman–Crippen MR) is 59.2 cm³/mol. The monoisotopic (exact) mass is 212 g/mol. The molecule has 0 spiro atoms. The van der Waals surface area contributed by atoms with E-state index in [1.54, 1.807) is 0 Å². The number of thiophene rings is 1. The summed E-state index contributed by atoms with van der Waals surface area (Å²) in [7, 11) is 0. The molecule has 0 saturated heterocycles. The molecule has 1 rings (SSSR count). The van der Waals surface area contributed by atoms with Crippen molar-refractivity contribution in [3.63, 3.8) is 0 Å². The van der Waals surface area contributed by atoms with E-state index in [-0.39, 0.29) is 5.91 Å². The number of nitrogens with one attached hydrogen (secondary N) is 1. The predicted octanol–water partition coefficient (Wildman–Crippen LogP) is 1.28. The molecule has 3 N–H and O–H groups in total. The lowest BCUT2D eigenvalue weighted by Gasteiger charge is -1.99. The highest BCUT2D eigenvalue weighted by Gasteiger charge is 1.98. The van der Waals surface area contributed by atoms with Gasteiger partial charge in [-0.25, -0.2) is 0 Å². The van der Waals surface area contributed by atoms with Crippen LogP contribution in [0.25, 0.3) is 0 Å². The van der Waals surface area contributed by atoms with Gasteiger partial charge in [-0.3, -0.25) is 4.79 Å². The fourth-order valence-corrected chi connectivity index (χ4v) is 2.06. The Balaban J connectivity index is 2.21. The highest BCUT2D eigenvalue weighted by Crippen LogP contribution is 2.16. The van der Waals surface area contributed by atoms with Crippen LogP contribution < -0.4 is 11.1 Å². The molecule has 14 heavy (non-hydrogen) atoms. The lowest BCUT2D eigenvalue weighted by Crippen LogP contribution is -2.21. The molecule has 0 aromatic carbocycles. The van der Waals surface area contributed by atoms with Crippen LogP contribution in [-0.4, -0.2) is 12.5 Å². The van der Waals surface area contributed by atoms with Crippen molar-refractivity contribution in [1.29, 1.82) is 0 Å². The zero-order chi connectivity index (χ0) is 10.4. The van der Waals surface area contributed by atoms with Crippen LogP contribution in [0, 0.1) is 0 Å². The minimum atomic E-state index is -0.252. The van der Waals surface area contributed by atoms with Gasteiger partial charge in [0.15, 0.2) is 0 Å². The summed E-state index contributed by atoms with van der Waals surface area (Å²) in [5, 5.41) is 3.18. The number of carbonyl (C=O) groups excluding carboxylic acids is 1. The third-order valence-electron chi connectivity index (χ3n) is 1.91. The largest absolute Gasteiger partial charge is 0.370 e. The summed E-state index contributed by atoms with van der Waals surface area (Å²) in [5.41, 5.74) is 5.02. The molecule has 0 atom stereocenters. The standard InChI is InChI=1S/C10H16N2OS/c1-2-8-3-4-9(14-8)7-12-6-5-10(11)13/h3-4,12H,2,5-7H2,1H3,(H2,11,13). The molecule has 0 aliphatic rings. The van der Waals surface area contributed by atoms with E-state index < -0.39 is 0 Å². The molecule has 1 aromatic heterocycles. The van der Waals surface area contributed by atoms with Crippen molar-refractivity contribution >= 4 is 17.2 Å². The second kappa shape index (κ2) is 5.78. The first kappa shape index (κ1) is 11.2. The van der Waals surface area contributed by atoms with Gasteiger partial charge in [0.1, 0.15) is 0 Å². The van der Waals surface area contributed by atoms with Gasteiger partial charge in [-0.05, 0) is 18.6 Å². The summed E-state index contributed by atoms with van der Waals surface area (Å²) in [5.74, 6) is -0.252. The Morgan fingerprint density at radius 3 is 2.79 bits per heavy atom. The molecule has 1 amide bonds. The van der Waals surface area contributed by atoms with Crippen LogP contribution in [0.1, 0.15) is 23.1 Å². The van der Waals surface area contributed by atoms with E-state index in [1.807, 2.05) is 11.3 Å². The van der Waals surface area contributed by atoms with E-state index in [0.29, 0.717) is 13.0 Å². The molecule has 1 aromatic rings. The Kier molecular flexibility index (Phi) is 4.62. The van der Waals surface area contributed by atoms with Crippen LogP contribution in [0.3, 0.4) is 0 Å². The van der Waals surface area contributed by atoms with E-state index >= 15 is 0 Å². The molecule has 0 radical (unpaired) electrons. The molecule has 0 fully saturated rings. The van der Waals surface area contributed by atoms with Crippen LogP contribution in [0.15, 0.2) is 12.1 Å². The van der Waals surface area contributed by atoms with Gasteiger partial charge < -0.3 is 11.1 Å². The molecular weight excluding hydrogens is 196 g/mol. The van der Waals surface area contributed by atoms with Crippen molar-refractivity contribution < 1.29 is 4.79 Å².